The van der Waals surface area contributed by atoms with Crippen molar-refractivity contribution in [2.75, 3.05) is 6.54 Å². The maximum absolute atomic E-state index is 13.4. The number of esters is 5. The van der Waals surface area contributed by atoms with E-state index < -0.39 is 83.4 Å². The van der Waals surface area contributed by atoms with Crippen LogP contribution in [0.2, 0.25) is 0 Å². The molecule has 0 aromatic carbocycles. The van der Waals surface area contributed by atoms with E-state index in [0.717, 1.165) is 45.4 Å². The van der Waals surface area contributed by atoms with Gasteiger partial charge in [0.1, 0.15) is 11.7 Å². The van der Waals surface area contributed by atoms with Crippen LogP contribution in [0.15, 0.2) is 22.8 Å². The van der Waals surface area contributed by atoms with Crippen molar-refractivity contribution in [2.45, 2.75) is 167 Å². The van der Waals surface area contributed by atoms with Gasteiger partial charge in [0.25, 0.3) is 0 Å². The molecule has 0 amide bonds. The molecule has 2 fully saturated rings. The van der Waals surface area contributed by atoms with Gasteiger partial charge in [-0.25, -0.2) is 9.59 Å². The summed E-state index contributed by atoms with van der Waals surface area (Å²) in [5, 5.41) is 24.1. The molecule has 50 heavy (non-hydrogen) atoms. The van der Waals surface area contributed by atoms with Crippen molar-refractivity contribution in [3.05, 3.63) is 22.8 Å². The molecule has 0 radical (unpaired) electrons. The molecule has 0 aromatic rings. The Morgan fingerprint density at radius 2 is 1.50 bits per heavy atom. The largest absolute Gasteiger partial charge is 0.459 e. The molecule has 4 N–H and O–H groups in total. The Hall–Kier alpha value is -3.29. The van der Waals surface area contributed by atoms with E-state index in [9.17, 15) is 34.2 Å². The quantitative estimate of drug-likeness (QED) is 0.0644. The third-order valence-corrected chi connectivity index (χ3v) is 10.4. The molecule has 0 unspecified atom stereocenters. The smallest absolute Gasteiger partial charge is 0.341 e. The van der Waals surface area contributed by atoms with Crippen LogP contribution in [0.1, 0.15) is 126 Å². The monoisotopic (exact) mass is 707 g/mol. The molecule has 0 bridgehead atoms. The normalized spacial score (nSPS) is 32.1. The highest BCUT2D eigenvalue weighted by atomic mass is 16.6. The Kier molecular flexibility index (Phi) is 14.2. The van der Waals surface area contributed by atoms with Crippen LogP contribution in [0, 0.1) is 5.92 Å². The van der Waals surface area contributed by atoms with Crippen LogP contribution in [0.3, 0.4) is 0 Å². The van der Waals surface area contributed by atoms with Gasteiger partial charge in [0.2, 0.25) is 0 Å². The minimum Gasteiger partial charge on any atom is -0.459 e. The molecular weight excluding hydrogens is 650 g/mol. The molecule has 1 saturated carbocycles. The second-order valence-corrected chi connectivity index (χ2v) is 14.3. The summed E-state index contributed by atoms with van der Waals surface area (Å²) in [6, 6.07) is 0. The van der Waals surface area contributed by atoms with E-state index >= 15 is 0 Å². The minimum atomic E-state index is -2.59. The summed E-state index contributed by atoms with van der Waals surface area (Å²) < 4.78 is 29.6. The fourth-order valence-electron chi connectivity index (χ4n) is 7.46. The van der Waals surface area contributed by atoms with Crippen molar-refractivity contribution in [1.82, 2.24) is 0 Å². The molecule has 13 heteroatoms. The van der Waals surface area contributed by atoms with E-state index in [4.69, 9.17) is 29.4 Å². The number of hydrogen-bond acceptors (Lipinski definition) is 13. The third kappa shape index (κ3) is 8.59. The lowest BCUT2D eigenvalue weighted by atomic mass is 9.75. The highest BCUT2D eigenvalue weighted by Gasteiger charge is 2.76. The Bertz CT molecular complexity index is 1340. The van der Waals surface area contributed by atoms with Gasteiger partial charge < -0.3 is 39.6 Å². The number of hydrogen-bond donors (Lipinski definition) is 3. The van der Waals surface area contributed by atoms with Gasteiger partial charge in [-0.2, -0.15) is 0 Å². The predicted octanol–water partition coefficient (Wildman–Crippen LogP) is 4.04. The standard InChI is InChI=1S/C37H57NO12/c1-8-10-11-12-15-19-27(41)47-31-29-28(23(4)30(31)48-33(42)22(3)9-2)32-37(45,36(7,44)34(43)49-32)25(21-35(29,6)50-24(5)39)46-26(40)18-16-13-14-17-20-38/h9,25,29-32,44-45H,8,10-21,38H2,1-7H3/b22-9-/t25-,29+,30-,31-,32-,35-,36+,37+/m0/s1. The van der Waals surface area contributed by atoms with Crippen LogP contribution >= 0.6 is 0 Å². The molecular formula is C37H57NO12. The van der Waals surface area contributed by atoms with Crippen LogP contribution in [0.5, 0.6) is 0 Å². The maximum Gasteiger partial charge on any atom is 0.341 e. The first-order chi connectivity index (χ1) is 23.5. The molecule has 0 aromatic heterocycles. The molecule has 3 rings (SSSR count). The van der Waals surface area contributed by atoms with Gasteiger partial charge in [-0.15, -0.1) is 0 Å². The number of rotatable bonds is 17. The van der Waals surface area contributed by atoms with E-state index in [1.54, 1.807) is 26.8 Å². The Labute approximate surface area is 295 Å². The number of nitrogens with two attached hydrogens (primary N) is 1. The highest BCUT2D eigenvalue weighted by molar-refractivity contribution is 5.88. The van der Waals surface area contributed by atoms with Crippen LogP contribution in [0.4, 0.5) is 0 Å². The van der Waals surface area contributed by atoms with Gasteiger partial charge in [0, 0.05) is 31.8 Å². The number of unbranched alkanes of at least 4 members (excludes halogenated alkanes) is 7. The minimum absolute atomic E-state index is 0.0188. The third-order valence-electron chi connectivity index (χ3n) is 10.4. The van der Waals surface area contributed by atoms with Crippen LogP contribution < -0.4 is 5.73 Å². The van der Waals surface area contributed by atoms with E-state index in [0.29, 0.717) is 25.8 Å². The van der Waals surface area contributed by atoms with Crippen molar-refractivity contribution in [3.63, 3.8) is 0 Å². The van der Waals surface area contributed by atoms with Crippen molar-refractivity contribution in [1.29, 1.82) is 0 Å². The summed E-state index contributed by atoms with van der Waals surface area (Å²) >= 11 is 0. The number of fused-ring (bicyclic) bond motifs is 3. The number of carbonyl (C=O) groups excluding carboxylic acids is 5. The Morgan fingerprint density at radius 3 is 2.06 bits per heavy atom. The number of aliphatic hydroxyl groups is 2. The average molecular weight is 708 g/mol. The molecule has 1 aliphatic heterocycles. The van der Waals surface area contributed by atoms with E-state index in [1.807, 2.05) is 0 Å². The zero-order chi connectivity index (χ0) is 37.4. The zero-order valence-corrected chi connectivity index (χ0v) is 30.7. The first-order valence-electron chi connectivity index (χ1n) is 18.0. The molecule has 13 nitrogen and oxygen atoms in total. The molecule has 282 valence electrons. The van der Waals surface area contributed by atoms with Gasteiger partial charge in [-0.3, -0.25) is 14.4 Å². The summed E-state index contributed by atoms with van der Waals surface area (Å²) in [6.07, 6.45) is 2.56. The molecule has 0 spiro atoms. The number of carbonyl (C=O) groups is 5. The van der Waals surface area contributed by atoms with Crippen molar-refractivity contribution in [3.8, 4) is 0 Å². The van der Waals surface area contributed by atoms with E-state index in [1.165, 1.54) is 13.8 Å². The Morgan fingerprint density at radius 1 is 0.920 bits per heavy atom. The summed E-state index contributed by atoms with van der Waals surface area (Å²) in [5.41, 5.74) is -0.619. The molecule has 1 saturated heterocycles. The van der Waals surface area contributed by atoms with Crippen LogP contribution in [-0.4, -0.2) is 87.8 Å². The Balaban J connectivity index is 2.16. The fourth-order valence-corrected chi connectivity index (χ4v) is 7.46. The fraction of sp³-hybridized carbons (Fsp3) is 0.757. The predicted molar refractivity (Wildman–Crippen MR) is 181 cm³/mol. The second kappa shape index (κ2) is 17.3. The molecule has 2 aliphatic carbocycles. The van der Waals surface area contributed by atoms with Crippen LogP contribution in [0.25, 0.3) is 0 Å². The topological polar surface area (TPSA) is 198 Å². The average Bonchev–Trinajstić information content (AvgIpc) is 3.38. The van der Waals surface area contributed by atoms with Crippen molar-refractivity contribution < 1.29 is 57.9 Å². The lowest BCUT2D eigenvalue weighted by molar-refractivity contribution is -0.212. The zero-order valence-electron chi connectivity index (χ0n) is 30.7. The molecule has 3 aliphatic rings. The number of allylic oxidation sites excluding steroid dienone is 1. The van der Waals surface area contributed by atoms with Gasteiger partial charge in [0.05, 0.1) is 5.92 Å². The van der Waals surface area contributed by atoms with E-state index in [-0.39, 0.29) is 29.6 Å². The van der Waals surface area contributed by atoms with Crippen LogP contribution in [-0.2, 0) is 47.7 Å². The lowest BCUT2D eigenvalue weighted by Crippen LogP contribution is -2.64. The second-order valence-electron chi connectivity index (χ2n) is 14.3. The molecule has 8 atom stereocenters. The van der Waals surface area contributed by atoms with Crippen molar-refractivity contribution in [2.24, 2.45) is 11.7 Å². The summed E-state index contributed by atoms with van der Waals surface area (Å²) in [6.45, 7) is 11.2. The van der Waals surface area contributed by atoms with E-state index in [2.05, 4.69) is 6.92 Å². The SMILES string of the molecule is C/C=C(/C)C(=O)O[C@H]1C(C)=C2[C@H]([C@@H]1OC(=O)CCCCCCC)[C@@](C)(OC(C)=O)C[C@H](OC(=O)CCCCCCN)[C@@]1(O)[C@H]2OC(=O)[C@@]1(C)O. The van der Waals surface area contributed by atoms with Crippen molar-refractivity contribution >= 4 is 29.8 Å². The molecule has 1 heterocycles. The maximum atomic E-state index is 13.4. The summed E-state index contributed by atoms with van der Waals surface area (Å²) in [7, 11) is 0. The number of ether oxygens (including phenoxy) is 5. The highest BCUT2D eigenvalue weighted by Crippen LogP contribution is 2.57. The van der Waals surface area contributed by atoms with Gasteiger partial charge in [-0.05, 0) is 71.6 Å². The van der Waals surface area contributed by atoms with Gasteiger partial charge in [-0.1, -0.05) is 51.5 Å². The summed E-state index contributed by atoms with van der Waals surface area (Å²) in [4.78, 5) is 65.9. The van der Waals surface area contributed by atoms with Gasteiger partial charge >= 0.3 is 29.8 Å². The first-order valence-corrected chi connectivity index (χ1v) is 18.0. The lowest BCUT2D eigenvalue weighted by Gasteiger charge is -2.41. The summed E-state index contributed by atoms with van der Waals surface area (Å²) in [5.74, 6) is -5.04. The van der Waals surface area contributed by atoms with Gasteiger partial charge in [0.15, 0.2) is 29.5 Å². The first kappa shape index (κ1) is 41.1.